The maximum atomic E-state index is 15.9. The zero-order valence-corrected chi connectivity index (χ0v) is 42.3. The van der Waals surface area contributed by atoms with Gasteiger partial charge in [0.05, 0.1) is 27.8 Å². The van der Waals surface area contributed by atoms with Crippen LogP contribution in [0.1, 0.15) is 52.6 Å². The van der Waals surface area contributed by atoms with Crippen molar-refractivity contribution in [3.8, 4) is 55.8 Å². The number of nitrogens with zero attached hydrogens (tertiary/aromatic N) is 7. The van der Waals surface area contributed by atoms with E-state index in [1.807, 2.05) is 91.0 Å². The molecule has 0 unspecified atom stereocenters. The maximum absolute atomic E-state index is 15.9. The third kappa shape index (κ3) is 8.50. The Balaban J connectivity index is 1.02. The van der Waals surface area contributed by atoms with Crippen molar-refractivity contribution in [1.82, 2.24) is 33.7 Å². The van der Waals surface area contributed by atoms with Gasteiger partial charge >= 0.3 is 0 Å². The molecular weight excluding hydrogens is 1040 g/mol. The minimum Gasteiger partial charge on any atom is -0.265 e. The highest BCUT2D eigenvalue weighted by Crippen LogP contribution is 2.42. The lowest BCUT2D eigenvalue weighted by molar-refractivity contribution is 0.468. The average molecular weight is 1100 g/mol. The highest BCUT2D eigenvalue weighted by atomic mass is 19.2. The Kier molecular flexibility index (Phi) is 9.01. The van der Waals surface area contributed by atoms with Gasteiger partial charge in [-0.15, -0.1) is 0 Å². The lowest BCUT2D eigenvalue weighted by atomic mass is 9.87. The monoisotopic (exact) mass is 1100 g/mol. The van der Waals surface area contributed by atoms with Crippen LogP contribution in [0.25, 0.3) is 111 Å². The van der Waals surface area contributed by atoms with Gasteiger partial charge in [0.25, 0.3) is 23.8 Å². The summed E-state index contributed by atoms with van der Waals surface area (Å²) in [6.07, 6.45) is -11.5. The predicted octanol–water partition coefficient (Wildman–Crippen LogP) is 17.1. The van der Waals surface area contributed by atoms with Gasteiger partial charge in [0, 0.05) is 70.5 Å². The van der Waals surface area contributed by atoms with Crippen molar-refractivity contribution in [2.75, 3.05) is 0 Å². The van der Waals surface area contributed by atoms with Crippen LogP contribution in [0.4, 0.5) is 26.3 Å². The number of imidazole rings is 2. The van der Waals surface area contributed by atoms with Crippen molar-refractivity contribution in [2.45, 2.75) is 39.2 Å². The molecule has 0 aliphatic carbocycles. The van der Waals surface area contributed by atoms with E-state index in [0.29, 0.717) is 49.1 Å². The first-order chi connectivity index (χ1) is 45.4. The molecule has 0 radical (unpaired) electrons. The van der Waals surface area contributed by atoms with Gasteiger partial charge < -0.3 is 0 Å². The summed E-state index contributed by atoms with van der Waals surface area (Å²) >= 11 is 0. The molecular formula is C69H45F6N7. The largest absolute Gasteiger partial charge is 0.269 e. The predicted molar refractivity (Wildman–Crippen MR) is 311 cm³/mol. The minimum atomic E-state index is -3.67. The fourth-order valence-corrected chi connectivity index (χ4v) is 10.7. The van der Waals surface area contributed by atoms with Crippen LogP contribution in [0.2, 0.25) is 0 Å². The lowest BCUT2D eigenvalue weighted by Gasteiger charge is -2.18. The molecule has 7 heterocycles. The third-order valence-corrected chi connectivity index (χ3v) is 14.5. The van der Waals surface area contributed by atoms with E-state index >= 15 is 17.6 Å². The van der Waals surface area contributed by atoms with Crippen LogP contribution < -0.4 is 0 Å². The second kappa shape index (κ2) is 20.0. The van der Waals surface area contributed by atoms with Crippen molar-refractivity contribution < 1.29 is 45.5 Å². The van der Waals surface area contributed by atoms with E-state index in [4.69, 9.17) is 13.2 Å². The number of benzene rings is 7. The van der Waals surface area contributed by atoms with Gasteiger partial charge in [-0.1, -0.05) is 127 Å². The van der Waals surface area contributed by atoms with Gasteiger partial charge in [0.15, 0.2) is 11.3 Å². The Labute approximate surface area is 485 Å². The molecule has 0 N–H and O–H groups in total. The summed E-state index contributed by atoms with van der Waals surface area (Å²) in [6, 6.07) is 43.9. The molecule has 398 valence electrons. The molecule has 0 amide bonds. The summed E-state index contributed by atoms with van der Waals surface area (Å²) in [5.41, 5.74) is -3.22. The number of hydrogen-bond donors (Lipinski definition) is 0. The quantitative estimate of drug-likeness (QED) is 0.0953. The van der Waals surface area contributed by atoms with Crippen molar-refractivity contribution in [1.29, 1.82) is 0 Å². The highest BCUT2D eigenvalue weighted by molar-refractivity contribution is 6.12. The molecule has 14 rings (SSSR count). The number of fused-ring (bicyclic) bond motifs is 12. The number of rotatable bonds is 11. The van der Waals surface area contributed by atoms with Crippen LogP contribution in [0.5, 0.6) is 0 Å². The first-order valence-electron chi connectivity index (χ1n) is 32.4. The van der Waals surface area contributed by atoms with Crippen LogP contribution in [0.15, 0.2) is 188 Å². The summed E-state index contributed by atoms with van der Waals surface area (Å²) < 4.78 is 227. The minimum absolute atomic E-state index is 0.122. The summed E-state index contributed by atoms with van der Waals surface area (Å²) in [5, 5.41) is -1.60. The van der Waals surface area contributed by atoms with E-state index in [0.717, 1.165) is 71.3 Å². The smallest absolute Gasteiger partial charge is 0.265 e. The SMILES string of the molecule is [2H]C([2H])([2H])c1c(C([2H])([2H])C([2H])([2H])c2cc(-c3ccccc3-c3cnc(-c4ccccc4)cc3-c3ccc(-c4ccccc4)cc3)cc(C([2H])([2H])C([2H])([2H])c3cnc4c5ccc(F)cc5n5c(F)c(F)nc5c4c3C([2H])([2H])[2H])c2)cnc2c3ccc(F)cc3n3c(F)c(F)nc3c12. The van der Waals surface area contributed by atoms with Gasteiger partial charge in [0.1, 0.15) is 11.6 Å². The number of aromatic nitrogens is 7. The first kappa shape index (κ1) is 37.0. The molecule has 0 aliphatic heterocycles. The van der Waals surface area contributed by atoms with E-state index < -0.39 is 130 Å². The van der Waals surface area contributed by atoms with Crippen LogP contribution in [0.3, 0.4) is 0 Å². The Hall–Kier alpha value is -10.0. The molecule has 0 saturated carbocycles. The molecule has 0 bridgehead atoms. The maximum Gasteiger partial charge on any atom is 0.269 e. The fraction of sp³-hybridized carbons (Fsp3) is 0.0870. The Morgan fingerprint density at radius 3 is 1.44 bits per heavy atom. The van der Waals surface area contributed by atoms with Gasteiger partial charge in [-0.3, -0.25) is 23.8 Å². The Morgan fingerprint density at radius 2 is 0.902 bits per heavy atom. The molecule has 0 atom stereocenters. The molecule has 0 aliphatic rings. The van der Waals surface area contributed by atoms with Crippen LogP contribution >= 0.6 is 0 Å². The molecule has 0 spiro atoms. The van der Waals surface area contributed by atoms with Crippen molar-refractivity contribution in [2.24, 2.45) is 0 Å². The molecule has 0 saturated heterocycles. The molecule has 7 aromatic heterocycles. The molecule has 13 heteroatoms. The van der Waals surface area contributed by atoms with Gasteiger partial charge in [-0.2, -0.15) is 27.5 Å². The molecule has 82 heavy (non-hydrogen) atoms. The Bertz CT molecular complexity index is 5320. The van der Waals surface area contributed by atoms with Crippen LogP contribution in [-0.2, 0) is 25.5 Å². The molecule has 7 aromatic carbocycles. The number of pyridine rings is 5. The lowest BCUT2D eigenvalue weighted by Crippen LogP contribution is -2.03. The summed E-state index contributed by atoms with van der Waals surface area (Å²) in [6.45, 7) is -6.99. The number of hydrogen-bond acceptors (Lipinski definition) is 5. The van der Waals surface area contributed by atoms with Gasteiger partial charge in [0.2, 0.25) is 0 Å². The number of halogens is 6. The topological polar surface area (TPSA) is 73.3 Å². The van der Waals surface area contributed by atoms with Crippen molar-refractivity contribution >= 4 is 54.9 Å². The van der Waals surface area contributed by atoms with Crippen LogP contribution in [-0.4, -0.2) is 33.7 Å². The highest BCUT2D eigenvalue weighted by Gasteiger charge is 2.25. The summed E-state index contributed by atoms with van der Waals surface area (Å²) in [5.74, 6) is -8.68. The third-order valence-electron chi connectivity index (χ3n) is 14.5. The summed E-state index contributed by atoms with van der Waals surface area (Å²) in [4.78, 5) is 21.0. The zero-order valence-electron chi connectivity index (χ0n) is 56.3. The molecule has 7 nitrogen and oxygen atoms in total. The summed E-state index contributed by atoms with van der Waals surface area (Å²) in [7, 11) is 0. The molecule has 0 fully saturated rings. The zero-order chi connectivity index (χ0) is 68.1. The second-order valence-electron chi connectivity index (χ2n) is 19.3. The van der Waals surface area contributed by atoms with Crippen molar-refractivity contribution in [3.63, 3.8) is 0 Å². The average Bonchev–Trinajstić information content (AvgIpc) is 1.09. The van der Waals surface area contributed by atoms with E-state index in [1.165, 1.54) is 0 Å². The van der Waals surface area contributed by atoms with E-state index in [1.54, 1.807) is 30.5 Å². The molecule has 14 aromatic rings. The van der Waals surface area contributed by atoms with E-state index in [9.17, 15) is 19.7 Å². The van der Waals surface area contributed by atoms with E-state index in [2.05, 4.69) is 19.9 Å². The fourth-order valence-electron chi connectivity index (χ4n) is 10.7. The second-order valence-corrected chi connectivity index (χ2v) is 19.3. The Morgan fingerprint density at radius 1 is 0.415 bits per heavy atom. The van der Waals surface area contributed by atoms with Gasteiger partial charge in [-0.25, -0.2) is 8.78 Å². The first-order valence-corrected chi connectivity index (χ1v) is 25.4. The van der Waals surface area contributed by atoms with E-state index in [-0.39, 0.29) is 44.0 Å². The number of aryl methyl sites for hydroxylation is 6. The normalized spacial score (nSPS) is 15.4. The van der Waals surface area contributed by atoms with Crippen LogP contribution in [0, 0.1) is 49.1 Å². The van der Waals surface area contributed by atoms with Crippen molar-refractivity contribution in [3.05, 3.63) is 257 Å². The van der Waals surface area contributed by atoms with Gasteiger partial charge in [-0.05, 0) is 154 Å². The standard InChI is InChI=1S/C69H45F6N7/c1-38-46(35-77-62-53-27-25-49(70)32-58(53)81-66(74)64(72)79-68(81)60(38)62)19-17-40-29-41(18-20-47-36-78-63-54-28-26-50(71)33-59(54)82-67(75)65(73)80-69(82)61(63)39(47)2)31-48(30-40)51-15-9-10-16-52(51)56-37-76-57(45-13-7-4-8-14-45)34-55(56)44-23-21-43(22-24-44)42-11-5-3-6-12-42/h3-16,21-37H,17-20H2,1-2H3/i1D3,2D3,17D2,18D2,19D2,20D2.